The number of benzene rings is 1. The Kier molecular flexibility index (Phi) is 4.12. The molecule has 1 aromatic heterocycles. The highest BCUT2D eigenvalue weighted by molar-refractivity contribution is 5.86. The van der Waals surface area contributed by atoms with E-state index in [1.54, 1.807) is 30.3 Å². The zero-order valence-corrected chi connectivity index (χ0v) is 12.5. The van der Waals surface area contributed by atoms with E-state index in [4.69, 9.17) is 0 Å². The van der Waals surface area contributed by atoms with Crippen molar-refractivity contribution >= 4 is 5.97 Å². The second-order valence-electron chi connectivity index (χ2n) is 5.55. The summed E-state index contributed by atoms with van der Waals surface area (Å²) in [5, 5.41) is 9.31. The number of carbonyl (C=O) groups is 1. The average Bonchev–Trinajstić information content (AvgIpc) is 3.04. The van der Waals surface area contributed by atoms with Gasteiger partial charge in [0.1, 0.15) is 5.69 Å². The van der Waals surface area contributed by atoms with Gasteiger partial charge in [0.25, 0.3) is 5.56 Å². The number of carboxylic acid groups (broad SMARTS) is 1. The number of para-hydroxylation sites is 1. The quantitative estimate of drug-likeness (QED) is 0.871. The first-order chi connectivity index (χ1) is 11.1. The molecule has 23 heavy (non-hydrogen) atoms. The normalized spacial score (nSPS) is 15.0. The Labute approximate surface area is 131 Å². The van der Waals surface area contributed by atoms with Crippen molar-refractivity contribution < 1.29 is 9.90 Å². The summed E-state index contributed by atoms with van der Waals surface area (Å²) < 4.78 is 0.984. The number of nitrogens with one attached hydrogen (secondary N) is 1. The molecule has 2 N–H and O–H groups in total. The minimum Gasteiger partial charge on any atom is -0.477 e. The van der Waals surface area contributed by atoms with E-state index in [9.17, 15) is 19.5 Å². The van der Waals surface area contributed by atoms with Crippen LogP contribution >= 0.6 is 0 Å². The van der Waals surface area contributed by atoms with Crippen LogP contribution in [0.5, 0.6) is 0 Å². The number of hydrogen-bond acceptors (Lipinski definition) is 4. The van der Waals surface area contributed by atoms with Crippen LogP contribution < -0.4 is 11.2 Å². The van der Waals surface area contributed by atoms with Gasteiger partial charge in [-0.25, -0.2) is 14.2 Å². The number of nitrogens with zero attached hydrogens (tertiary/aromatic N) is 2. The fraction of sp³-hybridized carbons (Fsp3) is 0.312. The molecule has 1 fully saturated rings. The molecule has 1 aliphatic rings. The van der Waals surface area contributed by atoms with Gasteiger partial charge in [0, 0.05) is 6.54 Å². The summed E-state index contributed by atoms with van der Waals surface area (Å²) >= 11 is 0. The molecule has 1 aromatic carbocycles. The summed E-state index contributed by atoms with van der Waals surface area (Å²) in [7, 11) is 0. The van der Waals surface area contributed by atoms with Gasteiger partial charge >= 0.3 is 11.7 Å². The van der Waals surface area contributed by atoms with Crippen molar-refractivity contribution in [2.45, 2.75) is 19.4 Å². The van der Waals surface area contributed by atoms with Gasteiger partial charge in [-0.1, -0.05) is 18.2 Å². The monoisotopic (exact) mass is 315 g/mol. The van der Waals surface area contributed by atoms with E-state index in [2.05, 4.69) is 4.98 Å². The topological polar surface area (TPSA) is 95.4 Å². The van der Waals surface area contributed by atoms with E-state index in [0.29, 0.717) is 5.69 Å². The van der Waals surface area contributed by atoms with Crippen molar-refractivity contribution in [3.05, 3.63) is 62.4 Å². The first-order valence-electron chi connectivity index (χ1n) is 7.47. The van der Waals surface area contributed by atoms with Crippen LogP contribution in [0.25, 0.3) is 5.69 Å². The van der Waals surface area contributed by atoms with E-state index in [1.165, 1.54) is 0 Å². The molecular weight excluding hydrogens is 298 g/mol. The lowest BCUT2D eigenvalue weighted by molar-refractivity contribution is 0.0687. The molecule has 2 aromatic rings. The molecule has 0 spiro atoms. The van der Waals surface area contributed by atoms with Crippen molar-refractivity contribution in [3.63, 3.8) is 0 Å². The Morgan fingerprint density at radius 1 is 1.13 bits per heavy atom. The SMILES string of the molecule is O=C(O)c1[nH]c(=O)n(-c2ccccc2)c(=O)c1CN1CCCC1. The van der Waals surface area contributed by atoms with Crippen LogP contribution in [0.3, 0.4) is 0 Å². The molecule has 0 saturated carbocycles. The predicted octanol–water partition coefficient (Wildman–Crippen LogP) is 0.820. The fourth-order valence-corrected chi connectivity index (χ4v) is 2.88. The third-order valence-corrected chi connectivity index (χ3v) is 4.01. The fourth-order valence-electron chi connectivity index (χ4n) is 2.88. The minimum atomic E-state index is -1.30. The number of likely N-dealkylation sites (tertiary alicyclic amines) is 1. The van der Waals surface area contributed by atoms with Gasteiger partial charge in [-0.15, -0.1) is 0 Å². The summed E-state index contributed by atoms with van der Waals surface area (Å²) in [6, 6.07) is 8.48. The highest BCUT2D eigenvalue weighted by Gasteiger charge is 2.23. The Balaban J connectivity index is 2.17. The van der Waals surface area contributed by atoms with Crippen molar-refractivity contribution in [3.8, 4) is 5.69 Å². The largest absolute Gasteiger partial charge is 0.477 e. The highest BCUT2D eigenvalue weighted by atomic mass is 16.4. The second kappa shape index (κ2) is 6.21. The molecule has 0 amide bonds. The lowest BCUT2D eigenvalue weighted by atomic mass is 10.2. The van der Waals surface area contributed by atoms with E-state index >= 15 is 0 Å². The number of hydrogen-bond donors (Lipinski definition) is 2. The number of carboxylic acids is 1. The summed E-state index contributed by atoms with van der Waals surface area (Å²) in [5.74, 6) is -1.30. The summed E-state index contributed by atoms with van der Waals surface area (Å²) in [5.41, 5.74) is -1.12. The van der Waals surface area contributed by atoms with Crippen LogP contribution in [0.1, 0.15) is 28.9 Å². The van der Waals surface area contributed by atoms with Crippen molar-refractivity contribution in [1.29, 1.82) is 0 Å². The maximum Gasteiger partial charge on any atom is 0.352 e. The Bertz CT molecular complexity index is 833. The average molecular weight is 315 g/mol. The van der Waals surface area contributed by atoms with Gasteiger partial charge in [0.15, 0.2) is 0 Å². The van der Waals surface area contributed by atoms with Gasteiger partial charge in [-0.05, 0) is 38.1 Å². The van der Waals surface area contributed by atoms with E-state index < -0.39 is 17.2 Å². The molecular formula is C16H17N3O4. The number of aromatic nitrogens is 2. The Morgan fingerprint density at radius 3 is 2.39 bits per heavy atom. The first-order valence-corrected chi connectivity index (χ1v) is 7.47. The second-order valence-corrected chi connectivity index (χ2v) is 5.55. The Morgan fingerprint density at radius 2 is 1.78 bits per heavy atom. The molecule has 120 valence electrons. The maximum atomic E-state index is 12.8. The number of rotatable bonds is 4. The maximum absolute atomic E-state index is 12.8. The smallest absolute Gasteiger partial charge is 0.352 e. The minimum absolute atomic E-state index is 0.114. The predicted molar refractivity (Wildman–Crippen MR) is 84.1 cm³/mol. The van der Waals surface area contributed by atoms with Crippen LogP contribution in [-0.2, 0) is 6.54 Å². The van der Waals surface area contributed by atoms with E-state index in [0.717, 1.165) is 30.5 Å². The Hall–Kier alpha value is -2.67. The van der Waals surface area contributed by atoms with Crippen LogP contribution in [0, 0.1) is 0 Å². The van der Waals surface area contributed by atoms with Gasteiger partial charge in [-0.2, -0.15) is 0 Å². The highest BCUT2D eigenvalue weighted by Crippen LogP contribution is 2.12. The zero-order chi connectivity index (χ0) is 16.4. The molecule has 0 bridgehead atoms. The molecule has 1 saturated heterocycles. The standard InChI is InChI=1S/C16H17N3O4/c20-14-12(10-18-8-4-5-9-18)13(15(21)22)17-16(23)19(14)11-6-2-1-3-7-11/h1-3,6-7H,4-5,8-10H2,(H,17,23)(H,21,22). The third kappa shape index (κ3) is 2.95. The van der Waals surface area contributed by atoms with Crippen molar-refractivity contribution in [1.82, 2.24) is 14.5 Å². The lowest BCUT2D eigenvalue weighted by Crippen LogP contribution is -2.40. The number of H-pyrrole nitrogens is 1. The third-order valence-electron chi connectivity index (χ3n) is 4.01. The molecule has 7 nitrogen and oxygen atoms in total. The van der Waals surface area contributed by atoms with Crippen molar-refractivity contribution in [2.24, 2.45) is 0 Å². The molecule has 3 rings (SSSR count). The van der Waals surface area contributed by atoms with Gasteiger partial charge in [0.2, 0.25) is 0 Å². The van der Waals surface area contributed by atoms with Crippen LogP contribution in [0.4, 0.5) is 0 Å². The van der Waals surface area contributed by atoms with E-state index in [-0.39, 0.29) is 17.8 Å². The molecule has 0 radical (unpaired) electrons. The molecule has 2 heterocycles. The summed E-state index contributed by atoms with van der Waals surface area (Å²) in [6.45, 7) is 1.87. The van der Waals surface area contributed by atoms with Gasteiger partial charge in [0.05, 0.1) is 11.3 Å². The number of aromatic carboxylic acids is 1. The summed E-state index contributed by atoms with van der Waals surface area (Å²) in [6.07, 6.45) is 2.05. The van der Waals surface area contributed by atoms with Crippen LogP contribution in [0.2, 0.25) is 0 Å². The van der Waals surface area contributed by atoms with E-state index in [1.807, 2.05) is 4.90 Å². The molecule has 0 aliphatic carbocycles. The van der Waals surface area contributed by atoms with Crippen LogP contribution in [-0.4, -0.2) is 38.6 Å². The van der Waals surface area contributed by atoms with Gasteiger partial charge in [-0.3, -0.25) is 9.69 Å². The zero-order valence-electron chi connectivity index (χ0n) is 12.5. The van der Waals surface area contributed by atoms with Crippen LogP contribution in [0.15, 0.2) is 39.9 Å². The lowest BCUT2D eigenvalue weighted by Gasteiger charge is -2.16. The molecule has 0 atom stereocenters. The first kappa shape index (κ1) is 15.2. The molecule has 1 aliphatic heterocycles. The molecule has 7 heteroatoms. The molecule has 0 unspecified atom stereocenters. The summed E-state index contributed by atoms with van der Waals surface area (Å²) in [4.78, 5) is 40.7. The number of aromatic amines is 1. The van der Waals surface area contributed by atoms with Gasteiger partial charge < -0.3 is 10.1 Å². The van der Waals surface area contributed by atoms with Crippen molar-refractivity contribution in [2.75, 3.05) is 13.1 Å².